The zero-order valence-electron chi connectivity index (χ0n) is 9.71. The molecular weight excluding hydrogens is 316 g/mol. The van der Waals surface area contributed by atoms with Crippen LogP contribution in [0.1, 0.15) is 18.9 Å². The molecule has 2 heterocycles. The summed E-state index contributed by atoms with van der Waals surface area (Å²) in [4.78, 5) is 0. The van der Waals surface area contributed by atoms with E-state index in [1.807, 2.05) is 29.1 Å². The fourth-order valence-electron chi connectivity index (χ4n) is 2.42. The van der Waals surface area contributed by atoms with E-state index in [0.717, 1.165) is 15.4 Å². The third kappa shape index (κ3) is 2.19. The van der Waals surface area contributed by atoms with Crippen LogP contribution < -0.4 is 0 Å². The first-order valence-electron chi connectivity index (χ1n) is 5.88. The van der Waals surface area contributed by atoms with Crippen LogP contribution in [0.3, 0.4) is 0 Å². The lowest BCUT2D eigenvalue weighted by molar-refractivity contribution is 0.425. The second kappa shape index (κ2) is 4.35. The molecule has 3 rings (SSSR count). The van der Waals surface area contributed by atoms with Gasteiger partial charge < -0.3 is 0 Å². The van der Waals surface area contributed by atoms with Crippen molar-refractivity contribution in [3.05, 3.63) is 28.9 Å². The molecule has 1 aliphatic rings. The van der Waals surface area contributed by atoms with Crippen molar-refractivity contribution in [2.24, 2.45) is 0 Å². The predicted octanol–water partition coefficient (Wildman–Crippen LogP) is 2.55. The number of aromatic nitrogens is 2. The van der Waals surface area contributed by atoms with Gasteiger partial charge in [0.15, 0.2) is 0 Å². The Hall–Kier alpha value is -0.880. The molecular formula is C12H13BrN2O2S. The minimum Gasteiger partial charge on any atom is -0.262 e. The summed E-state index contributed by atoms with van der Waals surface area (Å²) < 4.78 is 25.9. The van der Waals surface area contributed by atoms with E-state index in [9.17, 15) is 8.42 Å². The molecule has 1 saturated heterocycles. The largest absolute Gasteiger partial charge is 0.262 e. The third-order valence-electron chi connectivity index (χ3n) is 3.43. The molecule has 0 unspecified atom stereocenters. The van der Waals surface area contributed by atoms with Gasteiger partial charge in [0.2, 0.25) is 0 Å². The van der Waals surface area contributed by atoms with E-state index in [0.29, 0.717) is 12.8 Å². The van der Waals surface area contributed by atoms with Crippen molar-refractivity contribution in [2.75, 3.05) is 11.5 Å². The molecule has 1 aromatic carbocycles. The highest BCUT2D eigenvalue weighted by Gasteiger charge is 2.26. The number of sulfone groups is 1. The molecule has 0 amide bonds. The van der Waals surface area contributed by atoms with E-state index in [1.165, 1.54) is 0 Å². The summed E-state index contributed by atoms with van der Waals surface area (Å²) in [5, 5.41) is 5.50. The smallest absolute Gasteiger partial charge is 0.150 e. The van der Waals surface area contributed by atoms with Gasteiger partial charge in [0, 0.05) is 9.86 Å². The van der Waals surface area contributed by atoms with Gasteiger partial charge >= 0.3 is 0 Å². The molecule has 4 nitrogen and oxygen atoms in total. The summed E-state index contributed by atoms with van der Waals surface area (Å²) in [5.41, 5.74) is 1.06. The zero-order chi connectivity index (χ0) is 12.8. The first-order chi connectivity index (χ1) is 8.55. The lowest BCUT2D eigenvalue weighted by Gasteiger charge is -2.23. The van der Waals surface area contributed by atoms with Crippen LogP contribution in [-0.4, -0.2) is 29.7 Å². The second-order valence-electron chi connectivity index (χ2n) is 4.68. The van der Waals surface area contributed by atoms with E-state index in [4.69, 9.17) is 0 Å². The van der Waals surface area contributed by atoms with Crippen LogP contribution in [0.5, 0.6) is 0 Å². The Labute approximate surface area is 114 Å². The highest BCUT2D eigenvalue weighted by Crippen LogP contribution is 2.28. The first kappa shape index (κ1) is 12.2. The number of nitrogens with zero attached hydrogens (tertiary/aromatic N) is 2. The monoisotopic (exact) mass is 328 g/mol. The van der Waals surface area contributed by atoms with E-state index >= 15 is 0 Å². The van der Waals surface area contributed by atoms with Crippen molar-refractivity contribution in [2.45, 2.75) is 18.9 Å². The summed E-state index contributed by atoms with van der Waals surface area (Å²) in [6.07, 6.45) is 3.15. The Balaban J connectivity index is 1.98. The topological polar surface area (TPSA) is 52.0 Å². The maximum Gasteiger partial charge on any atom is 0.150 e. The molecule has 1 aromatic heterocycles. The number of fused-ring (bicyclic) bond motifs is 1. The van der Waals surface area contributed by atoms with Crippen LogP contribution in [0.2, 0.25) is 0 Å². The van der Waals surface area contributed by atoms with Gasteiger partial charge in [-0.05, 0) is 25.0 Å². The molecule has 0 bridgehead atoms. The summed E-state index contributed by atoms with van der Waals surface area (Å²) in [6, 6.07) is 6.23. The van der Waals surface area contributed by atoms with Gasteiger partial charge in [-0.3, -0.25) is 4.68 Å². The number of hydrogen-bond acceptors (Lipinski definition) is 3. The lowest BCUT2D eigenvalue weighted by atomic mass is 10.1. The van der Waals surface area contributed by atoms with Gasteiger partial charge in [-0.15, -0.1) is 0 Å². The molecule has 1 fully saturated rings. The van der Waals surface area contributed by atoms with Gasteiger partial charge in [-0.1, -0.05) is 22.0 Å². The van der Waals surface area contributed by atoms with Crippen LogP contribution in [-0.2, 0) is 9.84 Å². The van der Waals surface area contributed by atoms with Crippen molar-refractivity contribution in [1.82, 2.24) is 9.78 Å². The second-order valence-corrected chi connectivity index (χ2v) is 7.89. The molecule has 18 heavy (non-hydrogen) atoms. The van der Waals surface area contributed by atoms with Crippen LogP contribution in [0, 0.1) is 0 Å². The van der Waals surface area contributed by atoms with Crippen LogP contribution in [0.15, 0.2) is 28.9 Å². The minimum absolute atomic E-state index is 0.195. The molecule has 2 aromatic rings. The summed E-state index contributed by atoms with van der Waals surface area (Å²) >= 11 is 3.46. The average molecular weight is 329 g/mol. The lowest BCUT2D eigenvalue weighted by Crippen LogP contribution is -2.26. The molecule has 0 N–H and O–H groups in total. The van der Waals surface area contributed by atoms with Gasteiger partial charge in [-0.25, -0.2) is 8.42 Å². The van der Waals surface area contributed by atoms with Crippen LogP contribution >= 0.6 is 15.9 Å². The van der Waals surface area contributed by atoms with E-state index in [2.05, 4.69) is 21.0 Å². The number of rotatable bonds is 1. The molecule has 0 spiro atoms. The van der Waals surface area contributed by atoms with Crippen molar-refractivity contribution in [3.8, 4) is 0 Å². The molecule has 96 valence electrons. The molecule has 0 aliphatic carbocycles. The molecule has 0 atom stereocenters. The average Bonchev–Trinajstić information content (AvgIpc) is 2.72. The summed E-state index contributed by atoms with van der Waals surface area (Å²) in [7, 11) is -2.82. The number of halogens is 1. The van der Waals surface area contributed by atoms with Crippen molar-refractivity contribution in [1.29, 1.82) is 0 Å². The highest BCUT2D eigenvalue weighted by molar-refractivity contribution is 9.10. The molecule has 6 heteroatoms. The van der Waals surface area contributed by atoms with Crippen molar-refractivity contribution < 1.29 is 8.42 Å². The minimum atomic E-state index is -2.82. The SMILES string of the molecule is O=S1(=O)CCC(n2ncc3ccc(Br)cc32)CC1. The van der Waals surface area contributed by atoms with Crippen molar-refractivity contribution >= 4 is 36.7 Å². The Morgan fingerprint density at radius 3 is 2.72 bits per heavy atom. The zero-order valence-corrected chi connectivity index (χ0v) is 12.1. The van der Waals surface area contributed by atoms with Gasteiger partial charge in [0.05, 0.1) is 29.3 Å². The number of benzene rings is 1. The maximum atomic E-state index is 11.4. The standard InChI is InChI=1S/C12H13BrN2O2S/c13-10-2-1-9-8-14-15(12(9)7-10)11-3-5-18(16,17)6-4-11/h1-2,7-8,11H,3-6H2. The maximum absolute atomic E-state index is 11.4. The molecule has 1 aliphatic heterocycles. The first-order valence-corrected chi connectivity index (χ1v) is 8.50. The van der Waals surface area contributed by atoms with Crippen LogP contribution in [0.4, 0.5) is 0 Å². The van der Waals surface area contributed by atoms with Gasteiger partial charge in [0.1, 0.15) is 9.84 Å². The summed E-state index contributed by atoms with van der Waals surface area (Å²) in [5.74, 6) is 0.542. The Morgan fingerprint density at radius 2 is 2.00 bits per heavy atom. The fourth-order valence-corrected chi connectivity index (χ4v) is 4.24. The Bertz CT molecular complexity index is 679. The van der Waals surface area contributed by atoms with E-state index in [1.54, 1.807) is 0 Å². The predicted molar refractivity (Wildman–Crippen MR) is 74.4 cm³/mol. The third-order valence-corrected chi connectivity index (χ3v) is 5.64. The molecule has 0 radical (unpaired) electrons. The molecule has 0 saturated carbocycles. The normalized spacial score (nSPS) is 20.3. The Morgan fingerprint density at radius 1 is 1.28 bits per heavy atom. The quantitative estimate of drug-likeness (QED) is 0.808. The van der Waals surface area contributed by atoms with E-state index in [-0.39, 0.29) is 17.5 Å². The van der Waals surface area contributed by atoms with Crippen LogP contribution in [0.25, 0.3) is 10.9 Å². The number of hydrogen-bond donors (Lipinski definition) is 0. The highest BCUT2D eigenvalue weighted by atomic mass is 79.9. The van der Waals surface area contributed by atoms with E-state index < -0.39 is 9.84 Å². The Kier molecular flexibility index (Phi) is 2.94. The van der Waals surface area contributed by atoms with Crippen molar-refractivity contribution in [3.63, 3.8) is 0 Å². The van der Waals surface area contributed by atoms with Gasteiger partial charge in [-0.2, -0.15) is 5.10 Å². The fraction of sp³-hybridized carbons (Fsp3) is 0.417. The van der Waals surface area contributed by atoms with Gasteiger partial charge in [0.25, 0.3) is 0 Å². The summed E-state index contributed by atoms with van der Waals surface area (Å²) in [6.45, 7) is 0.